The Morgan fingerprint density at radius 3 is 2.24 bits per heavy atom. The van der Waals surface area contributed by atoms with E-state index in [1.807, 2.05) is 0 Å². The summed E-state index contributed by atoms with van der Waals surface area (Å²) in [6.45, 7) is 4.34. The van der Waals surface area contributed by atoms with Crippen molar-refractivity contribution in [2.75, 3.05) is 12.4 Å². The van der Waals surface area contributed by atoms with Crippen LogP contribution in [-0.2, 0) is 0 Å². The average molecular weight is 232 g/mol. The fraction of sp³-hybridized carbons (Fsp3) is 0.600. The molecule has 0 atom stereocenters. The molecule has 0 bridgehead atoms. The quantitative estimate of drug-likeness (QED) is 0.836. The van der Waals surface area contributed by atoms with Gasteiger partial charge in [-0.15, -0.1) is 0 Å². The van der Waals surface area contributed by atoms with Crippen LogP contribution in [0.1, 0.15) is 36.8 Å². The van der Waals surface area contributed by atoms with Gasteiger partial charge in [-0.25, -0.2) is 0 Å². The van der Waals surface area contributed by atoms with Gasteiger partial charge in [0.1, 0.15) is 0 Å². The molecule has 1 saturated carbocycles. The van der Waals surface area contributed by atoms with Crippen LogP contribution >= 0.6 is 0 Å². The largest absolute Gasteiger partial charge is 0.382 e. The number of nitrogens with one attached hydrogen (secondary N) is 2. The highest BCUT2D eigenvalue weighted by Gasteiger charge is 2.19. The minimum Gasteiger partial charge on any atom is -0.382 e. The van der Waals surface area contributed by atoms with Gasteiger partial charge in [-0.1, -0.05) is 17.7 Å². The summed E-state index contributed by atoms with van der Waals surface area (Å²) in [6, 6.07) is 8.04. The van der Waals surface area contributed by atoms with Crippen molar-refractivity contribution >= 4 is 5.69 Å². The Balaban J connectivity index is 1.93. The van der Waals surface area contributed by atoms with Crippen molar-refractivity contribution in [1.29, 1.82) is 0 Å². The van der Waals surface area contributed by atoms with Gasteiger partial charge in [0.05, 0.1) is 0 Å². The zero-order valence-electron chi connectivity index (χ0n) is 11.2. The summed E-state index contributed by atoms with van der Waals surface area (Å²) in [6.07, 6.45) is 5.13. The van der Waals surface area contributed by atoms with Crippen LogP contribution in [0, 0.1) is 13.8 Å². The number of hydrogen-bond acceptors (Lipinski definition) is 2. The van der Waals surface area contributed by atoms with Gasteiger partial charge in [-0.2, -0.15) is 0 Å². The summed E-state index contributed by atoms with van der Waals surface area (Å²) in [7, 11) is 2.07. The van der Waals surface area contributed by atoms with Crippen molar-refractivity contribution in [2.24, 2.45) is 0 Å². The fourth-order valence-electron chi connectivity index (χ4n) is 2.72. The maximum Gasteiger partial charge on any atom is 0.0372 e. The van der Waals surface area contributed by atoms with Gasteiger partial charge in [-0.3, -0.25) is 0 Å². The molecule has 0 spiro atoms. The van der Waals surface area contributed by atoms with Gasteiger partial charge in [0.2, 0.25) is 0 Å². The predicted octanol–water partition coefficient (Wildman–Crippen LogP) is 3.25. The van der Waals surface area contributed by atoms with E-state index in [0.29, 0.717) is 6.04 Å². The van der Waals surface area contributed by atoms with Gasteiger partial charge in [0.15, 0.2) is 0 Å². The summed E-state index contributed by atoms with van der Waals surface area (Å²) < 4.78 is 0. The van der Waals surface area contributed by atoms with Crippen LogP contribution in [0.25, 0.3) is 0 Å². The van der Waals surface area contributed by atoms with E-state index in [1.165, 1.54) is 42.5 Å². The first-order chi connectivity index (χ1) is 8.19. The number of benzene rings is 1. The minimum atomic E-state index is 0.654. The van der Waals surface area contributed by atoms with Crippen molar-refractivity contribution < 1.29 is 0 Å². The molecule has 1 aliphatic rings. The Morgan fingerprint density at radius 1 is 1.00 bits per heavy atom. The lowest BCUT2D eigenvalue weighted by molar-refractivity contribution is 0.371. The zero-order chi connectivity index (χ0) is 12.3. The van der Waals surface area contributed by atoms with E-state index in [1.54, 1.807) is 0 Å². The zero-order valence-corrected chi connectivity index (χ0v) is 11.2. The van der Waals surface area contributed by atoms with Crippen LogP contribution in [0.15, 0.2) is 18.2 Å². The average Bonchev–Trinajstić information content (AvgIpc) is 2.34. The van der Waals surface area contributed by atoms with Gasteiger partial charge >= 0.3 is 0 Å². The van der Waals surface area contributed by atoms with Crippen LogP contribution in [0.5, 0.6) is 0 Å². The monoisotopic (exact) mass is 232 g/mol. The van der Waals surface area contributed by atoms with Crippen molar-refractivity contribution in [2.45, 2.75) is 51.6 Å². The van der Waals surface area contributed by atoms with Crippen LogP contribution in [0.3, 0.4) is 0 Å². The molecule has 0 aromatic heterocycles. The van der Waals surface area contributed by atoms with Crippen LogP contribution in [-0.4, -0.2) is 19.1 Å². The second-order valence-electron chi connectivity index (χ2n) is 5.30. The molecule has 0 radical (unpaired) electrons. The van der Waals surface area contributed by atoms with E-state index in [-0.39, 0.29) is 0 Å². The lowest BCUT2D eigenvalue weighted by Gasteiger charge is -2.30. The highest BCUT2D eigenvalue weighted by atomic mass is 14.9. The van der Waals surface area contributed by atoms with Gasteiger partial charge in [0.25, 0.3) is 0 Å². The van der Waals surface area contributed by atoms with E-state index < -0.39 is 0 Å². The van der Waals surface area contributed by atoms with Crippen LogP contribution in [0.2, 0.25) is 0 Å². The second-order valence-corrected chi connectivity index (χ2v) is 5.30. The van der Waals surface area contributed by atoms with Gasteiger partial charge < -0.3 is 10.6 Å². The first kappa shape index (κ1) is 12.4. The topological polar surface area (TPSA) is 24.1 Å². The van der Waals surface area contributed by atoms with E-state index >= 15 is 0 Å². The van der Waals surface area contributed by atoms with Crippen molar-refractivity contribution in [3.05, 3.63) is 29.3 Å². The molecule has 1 aromatic rings. The summed E-state index contributed by atoms with van der Waals surface area (Å²) in [5, 5.41) is 7.07. The molecule has 2 nitrogen and oxygen atoms in total. The normalized spacial score (nSPS) is 24.6. The first-order valence-electron chi connectivity index (χ1n) is 6.70. The van der Waals surface area contributed by atoms with E-state index in [2.05, 4.69) is 49.7 Å². The lowest BCUT2D eigenvalue weighted by atomic mass is 9.91. The van der Waals surface area contributed by atoms with E-state index in [4.69, 9.17) is 0 Å². The first-order valence-corrected chi connectivity index (χ1v) is 6.70. The van der Waals surface area contributed by atoms with E-state index in [0.717, 1.165) is 6.04 Å². The lowest BCUT2D eigenvalue weighted by Crippen LogP contribution is -2.35. The molecule has 94 valence electrons. The molecule has 0 amide bonds. The maximum atomic E-state index is 3.69. The maximum absolute atomic E-state index is 3.69. The summed E-state index contributed by atoms with van der Waals surface area (Å²) in [5.74, 6) is 0. The van der Waals surface area contributed by atoms with Crippen molar-refractivity contribution in [3.63, 3.8) is 0 Å². The molecule has 1 aliphatic carbocycles. The Morgan fingerprint density at radius 2 is 1.65 bits per heavy atom. The van der Waals surface area contributed by atoms with Crippen molar-refractivity contribution in [3.8, 4) is 0 Å². The minimum absolute atomic E-state index is 0.654. The Bertz CT molecular complexity index is 365. The number of anilines is 1. The summed E-state index contributed by atoms with van der Waals surface area (Å²) in [5.41, 5.74) is 4.01. The molecule has 0 unspecified atom stereocenters. The summed E-state index contributed by atoms with van der Waals surface area (Å²) >= 11 is 0. The Hall–Kier alpha value is -1.02. The molecule has 1 fully saturated rings. The fourth-order valence-corrected chi connectivity index (χ4v) is 2.72. The SMILES string of the molecule is CNC1CCC(Nc2ccc(C)cc2C)CC1. The highest BCUT2D eigenvalue weighted by Crippen LogP contribution is 2.24. The highest BCUT2D eigenvalue weighted by molar-refractivity contribution is 5.52. The van der Waals surface area contributed by atoms with E-state index in [9.17, 15) is 0 Å². The van der Waals surface area contributed by atoms with Gasteiger partial charge in [0, 0.05) is 17.8 Å². The molecule has 0 aliphatic heterocycles. The molecule has 2 heteroatoms. The molecule has 2 N–H and O–H groups in total. The summed E-state index contributed by atoms with van der Waals surface area (Å²) in [4.78, 5) is 0. The molecule has 1 aromatic carbocycles. The predicted molar refractivity (Wildman–Crippen MR) is 74.6 cm³/mol. The Labute approximate surface area is 105 Å². The molecule has 0 saturated heterocycles. The Kier molecular flexibility index (Phi) is 4.06. The van der Waals surface area contributed by atoms with Crippen LogP contribution < -0.4 is 10.6 Å². The molecular formula is C15H24N2. The molecule has 17 heavy (non-hydrogen) atoms. The van der Waals surface area contributed by atoms with Crippen molar-refractivity contribution in [1.82, 2.24) is 5.32 Å². The number of rotatable bonds is 3. The van der Waals surface area contributed by atoms with Gasteiger partial charge in [-0.05, 0) is 58.2 Å². The third-order valence-corrected chi connectivity index (χ3v) is 3.88. The second kappa shape index (κ2) is 5.54. The third-order valence-electron chi connectivity index (χ3n) is 3.88. The standard InChI is InChI=1S/C15H24N2/c1-11-4-9-15(12(2)10-11)17-14-7-5-13(16-3)6-8-14/h4,9-10,13-14,16-17H,5-8H2,1-3H3. The molecule has 0 heterocycles. The molecule has 2 rings (SSSR count). The third kappa shape index (κ3) is 3.22. The number of hydrogen-bond donors (Lipinski definition) is 2. The van der Waals surface area contributed by atoms with Crippen LogP contribution in [0.4, 0.5) is 5.69 Å². The smallest absolute Gasteiger partial charge is 0.0372 e. The number of aryl methyl sites for hydroxylation is 2. The molecular weight excluding hydrogens is 208 g/mol.